The second kappa shape index (κ2) is 13.6. The molecule has 0 aliphatic carbocycles. The first-order chi connectivity index (χ1) is 7.70. The predicted molar refractivity (Wildman–Crippen MR) is 72.8 cm³/mol. The van der Waals surface area contributed by atoms with Crippen molar-refractivity contribution in [2.24, 2.45) is 0 Å². The average molecular weight is 285 g/mol. The Morgan fingerprint density at radius 3 is 2.59 bits per heavy atom. The van der Waals surface area contributed by atoms with Crippen molar-refractivity contribution < 1.29 is 14.3 Å². The molecule has 0 unspecified atom stereocenters. The van der Waals surface area contributed by atoms with E-state index in [9.17, 15) is 9.59 Å². The average Bonchev–Trinajstić information content (AvgIpc) is 2.28. The minimum Gasteiger partial charge on any atom is -0.468 e. The van der Waals surface area contributed by atoms with E-state index < -0.39 is 0 Å². The number of halogens is 1. The quantitative estimate of drug-likeness (QED) is 0.475. The fourth-order valence-electron chi connectivity index (χ4n) is 0.991. The van der Waals surface area contributed by atoms with Crippen LogP contribution in [-0.2, 0) is 14.3 Å². The van der Waals surface area contributed by atoms with Gasteiger partial charge in [0.2, 0.25) is 5.91 Å². The largest absolute Gasteiger partial charge is 0.468 e. The van der Waals surface area contributed by atoms with Gasteiger partial charge in [-0.15, -0.1) is 24.2 Å². The van der Waals surface area contributed by atoms with Gasteiger partial charge in [0.05, 0.1) is 12.9 Å². The highest BCUT2D eigenvalue weighted by atomic mass is 35.5. The second-order valence-electron chi connectivity index (χ2n) is 3.19. The van der Waals surface area contributed by atoms with Crippen LogP contribution in [-0.4, -0.2) is 50.6 Å². The number of ether oxygens (including phenoxy) is 1. The fourth-order valence-corrected chi connectivity index (χ4v) is 1.67. The summed E-state index contributed by atoms with van der Waals surface area (Å²) in [7, 11) is 3.23. The van der Waals surface area contributed by atoms with E-state index in [1.165, 1.54) is 18.9 Å². The Bertz CT molecular complexity index is 218. The van der Waals surface area contributed by atoms with Crippen molar-refractivity contribution in [2.75, 3.05) is 38.8 Å². The monoisotopic (exact) mass is 284 g/mol. The Morgan fingerprint density at radius 1 is 1.29 bits per heavy atom. The van der Waals surface area contributed by atoms with Gasteiger partial charge in [0, 0.05) is 18.7 Å². The standard InChI is InChI=1S/C10H20N2O3S.ClH/c1-11-5-3-4-9(13)12-6-7-16-8-10(14)15-2;/h11H,3-8H2,1-2H3,(H,12,13);1H. The Morgan fingerprint density at radius 2 is 2.00 bits per heavy atom. The molecule has 17 heavy (non-hydrogen) atoms. The Labute approximate surface area is 113 Å². The minimum absolute atomic E-state index is 0. The number of esters is 1. The lowest BCUT2D eigenvalue weighted by molar-refractivity contribution is -0.137. The number of hydrogen-bond donors (Lipinski definition) is 2. The molecule has 102 valence electrons. The first-order valence-corrected chi connectivity index (χ1v) is 6.42. The topological polar surface area (TPSA) is 67.4 Å². The SMILES string of the molecule is CNCCCC(=O)NCCSCC(=O)OC.Cl. The van der Waals surface area contributed by atoms with Gasteiger partial charge < -0.3 is 15.4 Å². The smallest absolute Gasteiger partial charge is 0.315 e. The third kappa shape index (κ3) is 13.5. The zero-order valence-electron chi connectivity index (χ0n) is 10.3. The Kier molecular flexibility index (Phi) is 15.1. The summed E-state index contributed by atoms with van der Waals surface area (Å²) in [5.41, 5.74) is 0. The van der Waals surface area contributed by atoms with E-state index in [0.717, 1.165) is 18.7 Å². The summed E-state index contributed by atoms with van der Waals surface area (Å²) in [6.07, 6.45) is 1.39. The first-order valence-electron chi connectivity index (χ1n) is 5.26. The van der Waals surface area contributed by atoms with Crippen molar-refractivity contribution in [3.8, 4) is 0 Å². The van der Waals surface area contributed by atoms with Gasteiger partial charge in [0.15, 0.2) is 0 Å². The zero-order chi connectivity index (χ0) is 12.2. The number of thioether (sulfide) groups is 1. The molecular formula is C10H21ClN2O3S. The molecule has 0 spiro atoms. The van der Waals surface area contributed by atoms with Crippen LogP contribution in [0.15, 0.2) is 0 Å². The number of carbonyl (C=O) groups is 2. The lowest BCUT2D eigenvalue weighted by Gasteiger charge is -2.04. The molecule has 2 N–H and O–H groups in total. The van der Waals surface area contributed by atoms with Crippen LogP contribution < -0.4 is 10.6 Å². The molecule has 0 atom stereocenters. The maximum atomic E-state index is 11.2. The van der Waals surface area contributed by atoms with E-state index in [1.807, 2.05) is 7.05 Å². The summed E-state index contributed by atoms with van der Waals surface area (Å²) in [6.45, 7) is 1.45. The van der Waals surface area contributed by atoms with E-state index in [4.69, 9.17) is 0 Å². The van der Waals surface area contributed by atoms with E-state index in [2.05, 4.69) is 15.4 Å². The Hall–Kier alpha value is -0.460. The van der Waals surface area contributed by atoms with Crippen molar-refractivity contribution in [3.63, 3.8) is 0 Å². The highest BCUT2D eigenvalue weighted by Crippen LogP contribution is 1.98. The van der Waals surface area contributed by atoms with E-state index in [1.54, 1.807) is 0 Å². The van der Waals surface area contributed by atoms with Crippen LogP contribution in [0, 0.1) is 0 Å². The summed E-state index contributed by atoms with van der Waals surface area (Å²) in [6, 6.07) is 0. The summed E-state index contributed by atoms with van der Waals surface area (Å²) < 4.78 is 4.49. The molecule has 0 heterocycles. The minimum atomic E-state index is -0.231. The maximum absolute atomic E-state index is 11.2. The number of amides is 1. The van der Waals surface area contributed by atoms with Gasteiger partial charge in [-0.2, -0.15) is 0 Å². The molecule has 0 fully saturated rings. The van der Waals surface area contributed by atoms with E-state index >= 15 is 0 Å². The van der Waals surface area contributed by atoms with Crippen LogP contribution in [0.5, 0.6) is 0 Å². The highest BCUT2D eigenvalue weighted by Gasteiger charge is 2.01. The van der Waals surface area contributed by atoms with Crippen molar-refractivity contribution in [1.82, 2.24) is 10.6 Å². The van der Waals surface area contributed by atoms with Crippen molar-refractivity contribution in [1.29, 1.82) is 0 Å². The van der Waals surface area contributed by atoms with Crippen LogP contribution in [0.25, 0.3) is 0 Å². The highest BCUT2D eigenvalue weighted by molar-refractivity contribution is 7.99. The fraction of sp³-hybridized carbons (Fsp3) is 0.800. The van der Waals surface area contributed by atoms with Crippen molar-refractivity contribution in [3.05, 3.63) is 0 Å². The third-order valence-electron chi connectivity index (χ3n) is 1.85. The Balaban J connectivity index is 0. The van der Waals surface area contributed by atoms with E-state index in [0.29, 0.717) is 18.7 Å². The van der Waals surface area contributed by atoms with Crippen LogP contribution in [0.1, 0.15) is 12.8 Å². The van der Waals surface area contributed by atoms with Gasteiger partial charge >= 0.3 is 5.97 Å². The zero-order valence-corrected chi connectivity index (χ0v) is 11.9. The molecule has 0 rings (SSSR count). The van der Waals surface area contributed by atoms with Crippen LogP contribution >= 0.6 is 24.2 Å². The van der Waals surface area contributed by atoms with Gasteiger partial charge in [-0.3, -0.25) is 9.59 Å². The van der Waals surface area contributed by atoms with Gasteiger partial charge in [0.1, 0.15) is 0 Å². The summed E-state index contributed by atoms with van der Waals surface area (Å²) in [4.78, 5) is 22.0. The van der Waals surface area contributed by atoms with Gasteiger partial charge in [-0.05, 0) is 20.0 Å². The second-order valence-corrected chi connectivity index (χ2v) is 4.29. The molecule has 0 aromatic rings. The number of methoxy groups -OCH3 is 1. The van der Waals surface area contributed by atoms with E-state index in [-0.39, 0.29) is 24.3 Å². The number of nitrogens with one attached hydrogen (secondary N) is 2. The molecule has 0 saturated carbocycles. The summed E-state index contributed by atoms with van der Waals surface area (Å²) >= 11 is 1.45. The number of rotatable bonds is 9. The van der Waals surface area contributed by atoms with Crippen molar-refractivity contribution >= 4 is 36.0 Å². The molecule has 0 saturated heterocycles. The summed E-state index contributed by atoms with van der Waals surface area (Å²) in [5, 5.41) is 5.78. The van der Waals surface area contributed by atoms with Crippen molar-refractivity contribution in [2.45, 2.75) is 12.8 Å². The normalized spacial score (nSPS) is 9.29. The third-order valence-corrected chi connectivity index (χ3v) is 2.78. The predicted octanol–water partition coefficient (Wildman–Crippen LogP) is 0.430. The molecule has 0 aliphatic heterocycles. The molecule has 0 aromatic heterocycles. The van der Waals surface area contributed by atoms with Gasteiger partial charge in [0.25, 0.3) is 0 Å². The van der Waals surface area contributed by atoms with Gasteiger partial charge in [-0.25, -0.2) is 0 Å². The molecule has 0 bridgehead atoms. The molecule has 1 amide bonds. The molecule has 0 aromatic carbocycles. The molecule has 5 nitrogen and oxygen atoms in total. The molecule has 0 aliphatic rings. The number of carbonyl (C=O) groups excluding carboxylic acids is 2. The molecule has 0 radical (unpaired) electrons. The van der Waals surface area contributed by atoms with Crippen LogP contribution in [0.2, 0.25) is 0 Å². The first kappa shape index (κ1) is 18.9. The molecule has 7 heteroatoms. The summed E-state index contributed by atoms with van der Waals surface area (Å²) in [5.74, 6) is 0.901. The lowest BCUT2D eigenvalue weighted by Crippen LogP contribution is -2.26. The number of hydrogen-bond acceptors (Lipinski definition) is 5. The maximum Gasteiger partial charge on any atom is 0.315 e. The van der Waals surface area contributed by atoms with Gasteiger partial charge in [-0.1, -0.05) is 0 Å². The lowest BCUT2D eigenvalue weighted by atomic mass is 10.3. The molecular weight excluding hydrogens is 264 g/mol. The van der Waals surface area contributed by atoms with Crippen LogP contribution in [0.3, 0.4) is 0 Å². The van der Waals surface area contributed by atoms with Crippen LogP contribution in [0.4, 0.5) is 0 Å².